The van der Waals surface area contributed by atoms with Crippen molar-refractivity contribution in [2.24, 2.45) is 0 Å². The molecule has 3 amide bonds. The zero-order chi connectivity index (χ0) is 28.4. The molecule has 3 heterocycles. The number of halogens is 1. The van der Waals surface area contributed by atoms with E-state index in [2.05, 4.69) is 10.1 Å². The van der Waals surface area contributed by atoms with Crippen LogP contribution in [0, 0.1) is 19.7 Å². The van der Waals surface area contributed by atoms with E-state index in [0.29, 0.717) is 11.3 Å². The number of carbonyl (C=O) groups excluding carboxylic acids is 3. The molecule has 4 aromatic rings. The lowest BCUT2D eigenvalue weighted by Crippen LogP contribution is -2.30. The molecule has 204 valence electrons. The van der Waals surface area contributed by atoms with Crippen LogP contribution in [-0.2, 0) is 22.7 Å². The van der Waals surface area contributed by atoms with E-state index in [-0.39, 0.29) is 36.2 Å². The first-order chi connectivity index (χ1) is 19.2. The topological polar surface area (TPSA) is 103 Å². The molecule has 0 spiro atoms. The van der Waals surface area contributed by atoms with E-state index >= 15 is 0 Å². The predicted molar refractivity (Wildman–Crippen MR) is 143 cm³/mol. The molecular weight excluding hydrogens is 517 g/mol. The lowest BCUT2D eigenvalue weighted by Gasteiger charge is -2.12. The summed E-state index contributed by atoms with van der Waals surface area (Å²) in [6.07, 6.45) is 1.63. The molecule has 1 saturated heterocycles. The fraction of sp³-hybridized carbons (Fsp3) is 0.167. The number of ether oxygens (including phenoxy) is 2. The van der Waals surface area contributed by atoms with Crippen LogP contribution in [0.25, 0.3) is 11.8 Å². The zero-order valence-electron chi connectivity index (χ0n) is 22.1. The van der Waals surface area contributed by atoms with Crippen LogP contribution in [0.4, 0.5) is 9.18 Å². The van der Waals surface area contributed by atoms with Crippen LogP contribution in [0.5, 0.6) is 5.75 Å². The van der Waals surface area contributed by atoms with Crippen molar-refractivity contribution in [1.82, 2.24) is 14.8 Å². The van der Waals surface area contributed by atoms with Crippen molar-refractivity contribution in [3.8, 4) is 11.4 Å². The number of furan rings is 1. The molecule has 1 fully saturated rings. The summed E-state index contributed by atoms with van der Waals surface area (Å²) in [5.41, 5.74) is 4.02. The summed E-state index contributed by atoms with van der Waals surface area (Å²) in [5.74, 6) is -0.618. The third-order valence-corrected chi connectivity index (χ3v) is 6.54. The van der Waals surface area contributed by atoms with Gasteiger partial charge in [0.25, 0.3) is 5.91 Å². The number of amides is 3. The number of hydrogen-bond donors (Lipinski definition) is 1. The van der Waals surface area contributed by atoms with E-state index in [1.165, 1.54) is 25.3 Å². The highest BCUT2D eigenvalue weighted by Gasteiger charge is 2.34. The summed E-state index contributed by atoms with van der Waals surface area (Å²) in [4.78, 5) is 38.2. The molecule has 0 radical (unpaired) electrons. The Balaban J connectivity index is 1.30. The van der Waals surface area contributed by atoms with Gasteiger partial charge in [0.1, 0.15) is 29.6 Å². The molecule has 1 N–H and O–H groups in total. The van der Waals surface area contributed by atoms with Crippen molar-refractivity contribution < 1.29 is 32.7 Å². The number of aryl methyl sites for hydroxylation is 1. The Hall–Kier alpha value is -5.12. The van der Waals surface area contributed by atoms with Gasteiger partial charge in [0, 0.05) is 22.6 Å². The highest BCUT2D eigenvalue weighted by Crippen LogP contribution is 2.26. The van der Waals surface area contributed by atoms with Gasteiger partial charge in [0.15, 0.2) is 0 Å². The number of aromatic nitrogens is 1. The van der Waals surface area contributed by atoms with Crippen LogP contribution < -0.4 is 10.1 Å². The van der Waals surface area contributed by atoms with E-state index in [1.54, 1.807) is 24.3 Å². The first-order valence-corrected chi connectivity index (χ1v) is 12.4. The number of nitrogens with one attached hydrogen (secondary N) is 1. The van der Waals surface area contributed by atoms with Gasteiger partial charge in [0.05, 0.1) is 13.7 Å². The summed E-state index contributed by atoms with van der Waals surface area (Å²) in [6, 6.07) is 18.1. The summed E-state index contributed by atoms with van der Waals surface area (Å²) < 4.78 is 31.6. The maximum Gasteiger partial charge on any atom is 0.373 e. The molecule has 0 saturated carbocycles. The molecule has 1 aliphatic rings. The molecule has 2 aromatic carbocycles. The molecule has 0 unspecified atom stereocenters. The van der Waals surface area contributed by atoms with Crippen LogP contribution in [0.1, 0.15) is 38.8 Å². The highest BCUT2D eigenvalue weighted by atomic mass is 19.1. The van der Waals surface area contributed by atoms with Gasteiger partial charge >= 0.3 is 12.0 Å². The van der Waals surface area contributed by atoms with Gasteiger partial charge in [-0.2, -0.15) is 0 Å². The second kappa shape index (κ2) is 10.9. The highest BCUT2D eigenvalue weighted by molar-refractivity contribution is 6.14. The van der Waals surface area contributed by atoms with Crippen molar-refractivity contribution in [1.29, 1.82) is 0 Å². The fourth-order valence-corrected chi connectivity index (χ4v) is 4.50. The van der Waals surface area contributed by atoms with Crippen molar-refractivity contribution in [3.63, 3.8) is 0 Å². The largest absolute Gasteiger partial charge is 0.489 e. The van der Waals surface area contributed by atoms with Gasteiger partial charge in [-0.05, 0) is 74.0 Å². The van der Waals surface area contributed by atoms with Gasteiger partial charge in [-0.3, -0.25) is 9.69 Å². The Kier molecular flexibility index (Phi) is 7.24. The average molecular weight is 544 g/mol. The summed E-state index contributed by atoms with van der Waals surface area (Å²) in [5, 5.41) is 2.61. The smallest absolute Gasteiger partial charge is 0.373 e. The van der Waals surface area contributed by atoms with E-state index in [9.17, 15) is 18.8 Å². The fourth-order valence-electron chi connectivity index (χ4n) is 4.50. The van der Waals surface area contributed by atoms with Crippen molar-refractivity contribution in [2.75, 3.05) is 7.11 Å². The number of rotatable bonds is 8. The third kappa shape index (κ3) is 5.24. The number of nitrogens with zero attached hydrogens (tertiary/aromatic N) is 2. The van der Waals surface area contributed by atoms with Crippen LogP contribution in [0.3, 0.4) is 0 Å². The van der Waals surface area contributed by atoms with Crippen LogP contribution in [0.2, 0.25) is 0 Å². The summed E-state index contributed by atoms with van der Waals surface area (Å²) in [6.45, 7) is 3.84. The minimum atomic E-state index is -0.649. The van der Waals surface area contributed by atoms with E-state index < -0.39 is 17.9 Å². The van der Waals surface area contributed by atoms with Gasteiger partial charge in [0.2, 0.25) is 5.76 Å². The zero-order valence-corrected chi connectivity index (χ0v) is 22.1. The summed E-state index contributed by atoms with van der Waals surface area (Å²) >= 11 is 0. The van der Waals surface area contributed by atoms with Gasteiger partial charge in [-0.25, -0.2) is 14.0 Å². The number of benzene rings is 2. The number of methoxy groups -OCH3 is 1. The first kappa shape index (κ1) is 26.5. The van der Waals surface area contributed by atoms with Crippen molar-refractivity contribution >= 4 is 24.0 Å². The molecule has 0 aliphatic carbocycles. The Morgan fingerprint density at radius 2 is 1.80 bits per heavy atom. The maximum atomic E-state index is 13.9. The standard InChI is InChI=1S/C30H26FN3O6/c1-18-14-21(15-26-28(35)33(30(37)32-26)16-24-12-13-27(40-24)29(36)38-3)19(2)34(18)22-8-10-23(11-9-22)39-17-20-6-4-5-7-25(20)31/h4-15H,16-17H2,1-3H3,(H,32,37)/b26-15-. The molecular formula is C30H26FN3O6. The van der Waals surface area contributed by atoms with Crippen LogP contribution in [0.15, 0.2) is 76.8 Å². The number of imide groups is 1. The molecule has 10 heteroatoms. The monoisotopic (exact) mass is 543 g/mol. The van der Waals surface area contributed by atoms with Gasteiger partial charge in [-0.15, -0.1) is 0 Å². The van der Waals surface area contributed by atoms with Crippen LogP contribution >= 0.6 is 0 Å². The Labute approximate surface area is 229 Å². The molecule has 5 rings (SSSR count). The number of hydrogen-bond acceptors (Lipinski definition) is 6. The Morgan fingerprint density at radius 3 is 2.52 bits per heavy atom. The average Bonchev–Trinajstić information content (AvgIpc) is 3.61. The molecule has 9 nitrogen and oxygen atoms in total. The van der Waals surface area contributed by atoms with E-state index in [4.69, 9.17) is 9.15 Å². The second-order valence-electron chi connectivity index (χ2n) is 9.17. The van der Waals surface area contributed by atoms with Gasteiger partial charge < -0.3 is 23.8 Å². The quantitative estimate of drug-likeness (QED) is 0.184. The minimum Gasteiger partial charge on any atom is -0.489 e. The molecule has 0 bridgehead atoms. The lowest BCUT2D eigenvalue weighted by molar-refractivity contribution is -0.123. The normalized spacial score (nSPS) is 14.1. The molecule has 1 aliphatic heterocycles. The third-order valence-electron chi connectivity index (χ3n) is 6.54. The number of esters is 1. The Bertz CT molecular complexity index is 1630. The second-order valence-corrected chi connectivity index (χ2v) is 9.17. The molecule has 0 atom stereocenters. The van der Waals surface area contributed by atoms with Crippen molar-refractivity contribution in [2.45, 2.75) is 27.0 Å². The first-order valence-electron chi connectivity index (χ1n) is 12.4. The maximum absolute atomic E-state index is 13.9. The SMILES string of the molecule is COC(=O)c1ccc(CN2C(=O)N/C(=C\c3cc(C)n(-c4ccc(OCc5ccccc5F)cc4)c3C)C2=O)o1. The number of urea groups is 1. The van der Waals surface area contributed by atoms with Crippen molar-refractivity contribution in [3.05, 3.63) is 112 Å². The van der Waals surface area contributed by atoms with Crippen LogP contribution in [-0.4, -0.2) is 34.5 Å². The van der Waals surface area contributed by atoms with Gasteiger partial charge in [-0.1, -0.05) is 18.2 Å². The molecule has 2 aromatic heterocycles. The minimum absolute atomic E-state index is 0.0163. The van der Waals surface area contributed by atoms with E-state index in [0.717, 1.165) is 27.5 Å². The predicted octanol–water partition coefficient (Wildman–Crippen LogP) is 5.28. The Morgan fingerprint density at radius 1 is 1.05 bits per heavy atom. The lowest BCUT2D eigenvalue weighted by atomic mass is 10.2. The van der Waals surface area contributed by atoms with E-state index in [1.807, 2.05) is 48.7 Å². The summed E-state index contributed by atoms with van der Waals surface area (Å²) in [7, 11) is 1.23. The molecule has 40 heavy (non-hydrogen) atoms. The number of carbonyl (C=O) groups is 3.